The predicted molar refractivity (Wildman–Crippen MR) is 139 cm³/mol. The second-order valence-corrected chi connectivity index (χ2v) is 8.82. The van der Waals surface area contributed by atoms with Gasteiger partial charge in [0, 0.05) is 30.6 Å². The van der Waals surface area contributed by atoms with Gasteiger partial charge in [-0.3, -0.25) is 14.4 Å². The molecule has 0 radical (unpaired) electrons. The number of hydrogen-bond acceptors (Lipinski definition) is 3. The van der Waals surface area contributed by atoms with Crippen LogP contribution in [0.15, 0.2) is 72.8 Å². The van der Waals surface area contributed by atoms with Crippen LogP contribution in [0.4, 0.5) is 0 Å². The Labute approximate surface area is 207 Å². The molecule has 0 fully saturated rings. The van der Waals surface area contributed by atoms with Gasteiger partial charge in [0.2, 0.25) is 0 Å². The van der Waals surface area contributed by atoms with Crippen molar-refractivity contribution < 1.29 is 19.5 Å². The maximum absolute atomic E-state index is 12.8. The first-order valence-corrected chi connectivity index (χ1v) is 12.1. The molecule has 0 saturated carbocycles. The lowest BCUT2D eigenvalue weighted by molar-refractivity contribution is -0.141. The molecule has 1 unspecified atom stereocenters. The molecule has 3 aromatic carbocycles. The minimum Gasteiger partial charge on any atom is -0.481 e. The molecule has 182 valence electrons. The summed E-state index contributed by atoms with van der Waals surface area (Å²) < 4.78 is 0. The largest absolute Gasteiger partial charge is 0.481 e. The van der Waals surface area contributed by atoms with Gasteiger partial charge >= 0.3 is 5.97 Å². The molecule has 1 atom stereocenters. The number of carbonyl (C=O) groups excluding carboxylic acids is 2. The average Bonchev–Trinajstić information content (AvgIpc) is 2.87. The Hall–Kier alpha value is -3.73. The lowest BCUT2D eigenvalue weighted by Crippen LogP contribution is -2.30. The second kappa shape index (κ2) is 12.1. The van der Waals surface area contributed by atoms with Crippen molar-refractivity contribution >= 4 is 17.7 Å². The fourth-order valence-corrected chi connectivity index (χ4v) is 4.14. The molecule has 1 amide bonds. The third kappa shape index (κ3) is 6.89. The normalized spacial score (nSPS) is 11.6. The van der Waals surface area contributed by atoms with Crippen LogP contribution >= 0.6 is 0 Å². The van der Waals surface area contributed by atoms with Crippen molar-refractivity contribution in [2.24, 2.45) is 5.92 Å². The zero-order chi connectivity index (χ0) is 25.4. The minimum atomic E-state index is -0.981. The first-order chi connectivity index (χ1) is 16.8. The van der Waals surface area contributed by atoms with Crippen LogP contribution in [0.5, 0.6) is 0 Å². The molecule has 0 heterocycles. The van der Waals surface area contributed by atoms with Crippen molar-refractivity contribution in [3.8, 4) is 11.1 Å². The lowest BCUT2D eigenvalue weighted by atomic mass is 9.91. The number of carboxylic acid groups (broad SMARTS) is 1. The number of carbonyl (C=O) groups is 3. The number of Topliss-reactive ketones (excluding diaryl/α,β-unsaturated/α-hetero) is 1. The Balaban J connectivity index is 1.64. The molecule has 0 saturated heterocycles. The first kappa shape index (κ1) is 25.9. The number of ketones is 1. The van der Waals surface area contributed by atoms with E-state index in [-0.39, 0.29) is 18.1 Å². The molecule has 0 aliphatic rings. The molecule has 0 bridgehead atoms. The Bertz CT molecular complexity index is 1160. The van der Waals surface area contributed by atoms with Crippen molar-refractivity contribution in [3.05, 3.63) is 95.1 Å². The summed E-state index contributed by atoms with van der Waals surface area (Å²) in [5.74, 6) is -1.99. The highest BCUT2D eigenvalue weighted by molar-refractivity contribution is 5.98. The van der Waals surface area contributed by atoms with E-state index in [4.69, 9.17) is 0 Å². The summed E-state index contributed by atoms with van der Waals surface area (Å²) >= 11 is 0. The van der Waals surface area contributed by atoms with E-state index in [0.717, 1.165) is 16.7 Å². The second-order valence-electron chi connectivity index (χ2n) is 8.82. The minimum absolute atomic E-state index is 0.0316. The van der Waals surface area contributed by atoms with Gasteiger partial charge in [0.05, 0.1) is 5.92 Å². The van der Waals surface area contributed by atoms with Crippen molar-refractivity contribution in [1.29, 1.82) is 0 Å². The van der Waals surface area contributed by atoms with Gasteiger partial charge in [-0.25, -0.2) is 0 Å². The summed E-state index contributed by atoms with van der Waals surface area (Å²) in [6.07, 6.45) is 0.749. The molecule has 1 N–H and O–H groups in total. The number of hydrogen-bond donors (Lipinski definition) is 1. The average molecular weight is 472 g/mol. The van der Waals surface area contributed by atoms with E-state index in [0.29, 0.717) is 37.1 Å². The highest BCUT2D eigenvalue weighted by Gasteiger charge is 2.22. The Morgan fingerprint density at radius 2 is 1.43 bits per heavy atom. The molecule has 3 aromatic rings. The van der Waals surface area contributed by atoms with E-state index in [1.807, 2.05) is 75.4 Å². The number of rotatable bonds is 11. The molecular formula is C30H33NO4. The van der Waals surface area contributed by atoms with Crippen LogP contribution in [0.1, 0.15) is 58.5 Å². The van der Waals surface area contributed by atoms with Crippen LogP contribution < -0.4 is 0 Å². The summed E-state index contributed by atoms with van der Waals surface area (Å²) in [7, 11) is 0. The van der Waals surface area contributed by atoms with Gasteiger partial charge in [-0.05, 0) is 62.4 Å². The van der Waals surface area contributed by atoms with E-state index in [2.05, 4.69) is 0 Å². The van der Waals surface area contributed by atoms with Crippen LogP contribution in [-0.4, -0.2) is 40.8 Å². The number of nitrogens with zero attached hydrogens (tertiary/aromatic N) is 1. The number of benzene rings is 3. The van der Waals surface area contributed by atoms with Crippen molar-refractivity contribution in [1.82, 2.24) is 4.90 Å². The summed E-state index contributed by atoms with van der Waals surface area (Å²) in [5.41, 5.74) is 5.27. The summed E-state index contributed by atoms with van der Waals surface area (Å²) in [4.78, 5) is 39.1. The fraction of sp³-hybridized carbons (Fsp3) is 0.300. The van der Waals surface area contributed by atoms with E-state index in [9.17, 15) is 19.5 Å². The molecular weight excluding hydrogens is 438 g/mol. The summed E-state index contributed by atoms with van der Waals surface area (Å²) in [6.45, 7) is 7.18. The van der Waals surface area contributed by atoms with Crippen LogP contribution in [0.3, 0.4) is 0 Å². The number of aliphatic carboxylic acids is 1. The van der Waals surface area contributed by atoms with Gasteiger partial charge in [-0.2, -0.15) is 0 Å². The van der Waals surface area contributed by atoms with Crippen LogP contribution in [-0.2, 0) is 11.2 Å². The molecule has 3 rings (SSSR count). The number of carboxylic acids is 1. The zero-order valence-electron chi connectivity index (χ0n) is 20.7. The predicted octanol–water partition coefficient (Wildman–Crippen LogP) is 6.05. The number of aryl methyl sites for hydroxylation is 2. The van der Waals surface area contributed by atoms with Crippen molar-refractivity contribution in [3.63, 3.8) is 0 Å². The van der Waals surface area contributed by atoms with Crippen molar-refractivity contribution in [2.75, 3.05) is 13.1 Å². The van der Waals surface area contributed by atoms with Gasteiger partial charge in [0.15, 0.2) is 5.78 Å². The van der Waals surface area contributed by atoms with E-state index in [1.54, 1.807) is 23.1 Å². The fourth-order valence-electron chi connectivity index (χ4n) is 4.14. The molecule has 35 heavy (non-hydrogen) atoms. The highest BCUT2D eigenvalue weighted by atomic mass is 16.4. The van der Waals surface area contributed by atoms with E-state index >= 15 is 0 Å². The Morgan fingerprint density at radius 3 is 2.00 bits per heavy atom. The molecule has 5 heteroatoms. The highest BCUT2D eigenvalue weighted by Crippen LogP contribution is 2.23. The smallest absolute Gasteiger partial charge is 0.306 e. The quantitative estimate of drug-likeness (QED) is 0.346. The zero-order valence-corrected chi connectivity index (χ0v) is 20.7. The SMILES string of the molecule is CCN(CC)C(=O)c1cccc(CCC(CC(=O)c2ccc(-c3ccc(C)cc3)cc2)C(=O)O)c1. The first-order valence-electron chi connectivity index (χ1n) is 12.1. The van der Waals surface area contributed by atoms with Crippen LogP contribution in [0.25, 0.3) is 11.1 Å². The third-order valence-electron chi connectivity index (χ3n) is 6.38. The van der Waals surface area contributed by atoms with E-state index in [1.165, 1.54) is 5.56 Å². The maximum Gasteiger partial charge on any atom is 0.306 e. The Kier molecular flexibility index (Phi) is 8.96. The molecule has 0 aromatic heterocycles. The van der Waals surface area contributed by atoms with Gasteiger partial charge in [-0.15, -0.1) is 0 Å². The van der Waals surface area contributed by atoms with Crippen LogP contribution in [0, 0.1) is 12.8 Å². The summed E-state index contributed by atoms with van der Waals surface area (Å²) in [5, 5.41) is 9.73. The number of amides is 1. The molecule has 0 aliphatic heterocycles. The lowest BCUT2D eigenvalue weighted by Gasteiger charge is -2.19. The molecule has 5 nitrogen and oxygen atoms in total. The van der Waals surface area contributed by atoms with Gasteiger partial charge in [0.1, 0.15) is 0 Å². The van der Waals surface area contributed by atoms with E-state index < -0.39 is 11.9 Å². The monoisotopic (exact) mass is 471 g/mol. The van der Waals surface area contributed by atoms with Crippen LogP contribution in [0.2, 0.25) is 0 Å². The topological polar surface area (TPSA) is 74.7 Å². The summed E-state index contributed by atoms with van der Waals surface area (Å²) in [6, 6.07) is 22.8. The Morgan fingerprint density at radius 1 is 0.829 bits per heavy atom. The molecule has 0 spiro atoms. The third-order valence-corrected chi connectivity index (χ3v) is 6.38. The standard InChI is InChI=1S/C30H33NO4/c1-4-31(5-2)29(33)26-8-6-7-22(19-26)11-14-27(30(34)35)20-28(32)25-17-15-24(16-18-25)23-12-9-21(3)10-13-23/h6-10,12-13,15-19,27H,4-5,11,14,20H2,1-3H3,(H,34,35). The van der Waals surface area contributed by atoms with Gasteiger partial charge in [-0.1, -0.05) is 66.2 Å². The van der Waals surface area contributed by atoms with Crippen molar-refractivity contribution in [2.45, 2.75) is 40.0 Å². The van der Waals surface area contributed by atoms with Gasteiger partial charge in [0.25, 0.3) is 5.91 Å². The maximum atomic E-state index is 12.8. The molecule has 0 aliphatic carbocycles. The van der Waals surface area contributed by atoms with Gasteiger partial charge < -0.3 is 10.0 Å².